The van der Waals surface area contributed by atoms with Gasteiger partial charge in [0.25, 0.3) is 0 Å². The molecule has 2 rings (SSSR count). The van der Waals surface area contributed by atoms with Gasteiger partial charge in [-0.05, 0) is 49.2 Å². The molecule has 112 valence electrons. The van der Waals surface area contributed by atoms with Crippen LogP contribution in [0.15, 0.2) is 46.9 Å². The van der Waals surface area contributed by atoms with Crippen LogP contribution in [-0.2, 0) is 6.42 Å². The highest BCUT2D eigenvalue weighted by atomic mass is 79.9. The normalized spacial score (nSPS) is 12.4. The summed E-state index contributed by atoms with van der Waals surface area (Å²) in [4.78, 5) is 0. The van der Waals surface area contributed by atoms with E-state index in [0.29, 0.717) is 5.92 Å². The fourth-order valence-electron chi connectivity index (χ4n) is 2.56. The van der Waals surface area contributed by atoms with Gasteiger partial charge in [-0.25, -0.2) is 4.39 Å². The van der Waals surface area contributed by atoms with Crippen LogP contribution in [0.4, 0.5) is 4.39 Å². The van der Waals surface area contributed by atoms with Gasteiger partial charge in [0.2, 0.25) is 0 Å². The zero-order valence-corrected chi connectivity index (χ0v) is 14.1. The molecule has 0 radical (unpaired) electrons. The maximum absolute atomic E-state index is 13.6. The van der Waals surface area contributed by atoms with E-state index in [1.807, 2.05) is 6.07 Å². The average molecular weight is 350 g/mol. The first-order valence-electron chi connectivity index (χ1n) is 7.30. The number of aryl methyl sites for hydroxylation is 1. The summed E-state index contributed by atoms with van der Waals surface area (Å²) >= 11 is 3.37. The van der Waals surface area contributed by atoms with Crippen LogP contribution in [0.2, 0.25) is 0 Å². The Kier molecular flexibility index (Phi) is 5.95. The van der Waals surface area contributed by atoms with Crippen molar-refractivity contribution in [2.75, 3.05) is 13.1 Å². The SMILES string of the molecule is CCNCC(Cc1cc(F)cc(Br)c1)c1cccc(C)c1. The Bertz CT molecular complexity index is 577. The second-order valence-electron chi connectivity index (χ2n) is 5.40. The summed E-state index contributed by atoms with van der Waals surface area (Å²) in [5.74, 6) is 0.157. The van der Waals surface area contributed by atoms with Crippen LogP contribution in [0.25, 0.3) is 0 Å². The van der Waals surface area contributed by atoms with Gasteiger partial charge < -0.3 is 5.32 Å². The molecule has 0 aliphatic carbocycles. The quantitative estimate of drug-likeness (QED) is 0.787. The van der Waals surface area contributed by atoms with E-state index >= 15 is 0 Å². The van der Waals surface area contributed by atoms with E-state index < -0.39 is 0 Å². The van der Waals surface area contributed by atoms with Gasteiger partial charge in [0.1, 0.15) is 5.82 Å². The first-order valence-corrected chi connectivity index (χ1v) is 8.10. The Morgan fingerprint density at radius 3 is 2.67 bits per heavy atom. The molecule has 0 saturated carbocycles. The predicted octanol–water partition coefficient (Wildman–Crippen LogP) is 4.83. The molecule has 2 aromatic rings. The van der Waals surface area contributed by atoms with Gasteiger partial charge in [-0.1, -0.05) is 52.7 Å². The highest BCUT2D eigenvalue weighted by Gasteiger charge is 2.13. The van der Waals surface area contributed by atoms with Gasteiger partial charge in [-0.15, -0.1) is 0 Å². The summed E-state index contributed by atoms with van der Waals surface area (Å²) in [6.45, 7) is 6.04. The second-order valence-corrected chi connectivity index (χ2v) is 6.32. The molecule has 0 saturated heterocycles. The van der Waals surface area contributed by atoms with Crippen molar-refractivity contribution >= 4 is 15.9 Å². The van der Waals surface area contributed by atoms with Crippen LogP contribution in [-0.4, -0.2) is 13.1 Å². The third-order valence-corrected chi connectivity index (χ3v) is 4.02. The van der Waals surface area contributed by atoms with E-state index in [1.165, 1.54) is 17.2 Å². The molecule has 1 unspecified atom stereocenters. The van der Waals surface area contributed by atoms with Crippen LogP contribution in [0.3, 0.4) is 0 Å². The largest absolute Gasteiger partial charge is 0.316 e. The van der Waals surface area contributed by atoms with Gasteiger partial charge in [0.15, 0.2) is 0 Å². The monoisotopic (exact) mass is 349 g/mol. The number of nitrogens with one attached hydrogen (secondary N) is 1. The molecule has 21 heavy (non-hydrogen) atoms. The van der Waals surface area contributed by atoms with Crippen molar-refractivity contribution in [1.82, 2.24) is 5.32 Å². The summed E-state index contributed by atoms with van der Waals surface area (Å²) in [6, 6.07) is 13.7. The van der Waals surface area contributed by atoms with E-state index in [4.69, 9.17) is 0 Å². The lowest BCUT2D eigenvalue weighted by Crippen LogP contribution is -2.22. The van der Waals surface area contributed by atoms with E-state index in [0.717, 1.165) is 29.5 Å². The molecule has 0 spiro atoms. The van der Waals surface area contributed by atoms with Gasteiger partial charge in [-0.2, -0.15) is 0 Å². The van der Waals surface area contributed by atoms with Crippen molar-refractivity contribution in [2.45, 2.75) is 26.2 Å². The first-order chi connectivity index (χ1) is 10.1. The van der Waals surface area contributed by atoms with Crippen LogP contribution in [0.5, 0.6) is 0 Å². The van der Waals surface area contributed by atoms with Gasteiger partial charge in [0, 0.05) is 16.9 Å². The zero-order chi connectivity index (χ0) is 15.2. The van der Waals surface area contributed by atoms with Gasteiger partial charge in [0.05, 0.1) is 0 Å². The minimum absolute atomic E-state index is 0.189. The Labute approximate surface area is 134 Å². The summed E-state index contributed by atoms with van der Waals surface area (Å²) in [6.07, 6.45) is 0.826. The van der Waals surface area contributed by atoms with Crippen molar-refractivity contribution in [1.29, 1.82) is 0 Å². The van der Waals surface area contributed by atoms with E-state index in [-0.39, 0.29) is 5.82 Å². The number of hydrogen-bond acceptors (Lipinski definition) is 1. The van der Waals surface area contributed by atoms with Crippen LogP contribution in [0, 0.1) is 12.7 Å². The predicted molar refractivity (Wildman–Crippen MR) is 90.3 cm³/mol. The smallest absolute Gasteiger partial charge is 0.124 e. The Morgan fingerprint density at radius 2 is 2.00 bits per heavy atom. The number of benzene rings is 2. The van der Waals surface area contributed by atoms with Gasteiger partial charge in [-0.3, -0.25) is 0 Å². The molecule has 0 bridgehead atoms. The lowest BCUT2D eigenvalue weighted by Gasteiger charge is -2.19. The first kappa shape index (κ1) is 16.2. The number of hydrogen-bond donors (Lipinski definition) is 1. The van der Waals surface area contributed by atoms with Gasteiger partial charge >= 0.3 is 0 Å². The van der Waals surface area contributed by atoms with E-state index in [1.54, 1.807) is 6.07 Å². The maximum atomic E-state index is 13.6. The molecule has 1 N–H and O–H groups in total. The molecule has 0 aliphatic heterocycles. The Balaban J connectivity index is 2.23. The van der Waals surface area contributed by atoms with Crippen LogP contribution >= 0.6 is 15.9 Å². The zero-order valence-electron chi connectivity index (χ0n) is 12.5. The molecule has 1 atom stereocenters. The number of halogens is 2. The molecule has 0 amide bonds. The second kappa shape index (κ2) is 7.71. The molecule has 0 fully saturated rings. The summed E-state index contributed by atoms with van der Waals surface area (Å²) in [5, 5.41) is 3.41. The summed E-state index contributed by atoms with van der Waals surface area (Å²) in [7, 11) is 0. The average Bonchev–Trinajstić information content (AvgIpc) is 2.42. The minimum atomic E-state index is -0.189. The molecule has 0 aliphatic rings. The van der Waals surface area contributed by atoms with Crippen molar-refractivity contribution in [3.05, 3.63) is 69.4 Å². The fourth-order valence-corrected chi connectivity index (χ4v) is 3.08. The van der Waals surface area contributed by atoms with Crippen molar-refractivity contribution in [3.8, 4) is 0 Å². The van der Waals surface area contributed by atoms with Crippen molar-refractivity contribution in [2.24, 2.45) is 0 Å². The third-order valence-electron chi connectivity index (χ3n) is 3.56. The molecular formula is C18H21BrFN. The maximum Gasteiger partial charge on any atom is 0.124 e. The highest BCUT2D eigenvalue weighted by Crippen LogP contribution is 2.24. The Hall–Kier alpha value is -1.19. The molecule has 2 aromatic carbocycles. The molecular weight excluding hydrogens is 329 g/mol. The Morgan fingerprint density at radius 1 is 1.19 bits per heavy atom. The van der Waals surface area contributed by atoms with Crippen molar-refractivity contribution in [3.63, 3.8) is 0 Å². The minimum Gasteiger partial charge on any atom is -0.316 e. The molecule has 1 nitrogen and oxygen atoms in total. The number of likely N-dealkylation sites (N-methyl/N-ethyl adjacent to an activating group) is 1. The van der Waals surface area contributed by atoms with E-state index in [2.05, 4.69) is 59.4 Å². The number of rotatable bonds is 6. The van der Waals surface area contributed by atoms with Crippen molar-refractivity contribution < 1.29 is 4.39 Å². The lowest BCUT2D eigenvalue weighted by molar-refractivity contribution is 0.588. The lowest BCUT2D eigenvalue weighted by atomic mass is 9.91. The topological polar surface area (TPSA) is 12.0 Å². The fraction of sp³-hybridized carbons (Fsp3) is 0.333. The molecule has 3 heteroatoms. The molecule has 0 aromatic heterocycles. The van der Waals surface area contributed by atoms with Crippen LogP contribution in [0.1, 0.15) is 29.5 Å². The van der Waals surface area contributed by atoms with Crippen LogP contribution < -0.4 is 5.32 Å². The third kappa shape index (κ3) is 4.94. The van der Waals surface area contributed by atoms with E-state index in [9.17, 15) is 4.39 Å². The summed E-state index contributed by atoms with van der Waals surface area (Å²) in [5.41, 5.74) is 3.58. The highest BCUT2D eigenvalue weighted by molar-refractivity contribution is 9.10. The standard InChI is InChI=1S/C18H21BrFN/c1-3-21-12-16(15-6-4-5-13(2)7-15)8-14-9-17(19)11-18(20)10-14/h4-7,9-11,16,21H,3,8,12H2,1-2H3. The summed E-state index contributed by atoms with van der Waals surface area (Å²) < 4.78 is 14.3. The molecule has 0 heterocycles.